The summed E-state index contributed by atoms with van der Waals surface area (Å²) in [6.07, 6.45) is 6.79. The van der Waals surface area contributed by atoms with Gasteiger partial charge < -0.3 is 9.47 Å². The van der Waals surface area contributed by atoms with Crippen molar-refractivity contribution in [3.05, 3.63) is 35.9 Å². The minimum atomic E-state index is -0.524. The first-order valence-electron chi connectivity index (χ1n) is 7.66. The molecule has 0 bridgehead atoms. The third-order valence-electron chi connectivity index (χ3n) is 3.14. The average Bonchev–Trinajstić information content (AvgIpc) is 2.48. The molecule has 0 amide bonds. The van der Waals surface area contributed by atoms with E-state index in [0.29, 0.717) is 13.2 Å². The van der Waals surface area contributed by atoms with E-state index in [-0.39, 0.29) is 0 Å². The minimum Gasteiger partial charge on any atom is -0.434 e. The Morgan fingerprint density at radius 1 is 0.900 bits per heavy atom. The van der Waals surface area contributed by atoms with Crippen LogP contribution in [0.2, 0.25) is 0 Å². The molecule has 0 N–H and O–H groups in total. The molecule has 1 aromatic carbocycles. The van der Waals surface area contributed by atoms with E-state index < -0.39 is 6.16 Å². The van der Waals surface area contributed by atoms with Crippen LogP contribution in [-0.2, 0) is 15.9 Å². The Morgan fingerprint density at radius 2 is 1.55 bits per heavy atom. The molecule has 0 unspecified atom stereocenters. The first kappa shape index (κ1) is 16.5. The number of ether oxygens (including phenoxy) is 2. The number of hydrogen-bond acceptors (Lipinski definition) is 3. The molecule has 0 aliphatic heterocycles. The highest BCUT2D eigenvalue weighted by Crippen LogP contribution is 2.06. The molecule has 0 aliphatic carbocycles. The number of aryl methyl sites for hydroxylation is 1. The van der Waals surface area contributed by atoms with Crippen molar-refractivity contribution in [2.24, 2.45) is 0 Å². The Morgan fingerprint density at radius 3 is 2.20 bits per heavy atom. The van der Waals surface area contributed by atoms with Crippen molar-refractivity contribution in [3.63, 3.8) is 0 Å². The molecular weight excluding hydrogens is 252 g/mol. The van der Waals surface area contributed by atoms with Crippen LogP contribution in [-0.4, -0.2) is 19.4 Å². The molecule has 0 atom stereocenters. The van der Waals surface area contributed by atoms with Crippen LogP contribution in [0, 0.1) is 0 Å². The van der Waals surface area contributed by atoms with E-state index in [1.807, 2.05) is 6.07 Å². The number of unbranched alkanes of at least 4 members (excludes halogenated alkanes) is 4. The summed E-state index contributed by atoms with van der Waals surface area (Å²) < 4.78 is 9.97. The van der Waals surface area contributed by atoms with Crippen LogP contribution in [0.15, 0.2) is 30.3 Å². The highest BCUT2D eigenvalue weighted by Gasteiger charge is 2.02. The summed E-state index contributed by atoms with van der Waals surface area (Å²) in [7, 11) is 0. The van der Waals surface area contributed by atoms with Crippen LogP contribution in [0.4, 0.5) is 4.79 Å². The summed E-state index contributed by atoms with van der Waals surface area (Å²) >= 11 is 0. The lowest BCUT2D eigenvalue weighted by Crippen LogP contribution is -2.09. The molecule has 0 saturated heterocycles. The Kier molecular flexibility index (Phi) is 9.37. The molecule has 0 aliphatic rings. The third-order valence-corrected chi connectivity index (χ3v) is 3.14. The molecule has 0 heterocycles. The molecule has 0 spiro atoms. The zero-order valence-corrected chi connectivity index (χ0v) is 12.5. The van der Waals surface area contributed by atoms with Crippen LogP contribution >= 0.6 is 0 Å². The number of carbonyl (C=O) groups is 1. The highest BCUT2D eigenvalue weighted by molar-refractivity contribution is 5.59. The second kappa shape index (κ2) is 11.3. The zero-order chi connectivity index (χ0) is 14.5. The Bertz CT molecular complexity index is 349. The Labute approximate surface area is 122 Å². The molecule has 0 radical (unpaired) electrons. The maximum Gasteiger partial charge on any atom is 0.508 e. The van der Waals surface area contributed by atoms with Crippen molar-refractivity contribution >= 4 is 6.16 Å². The van der Waals surface area contributed by atoms with Crippen molar-refractivity contribution in [3.8, 4) is 0 Å². The fourth-order valence-electron chi connectivity index (χ4n) is 1.96. The fourth-order valence-corrected chi connectivity index (χ4v) is 1.96. The summed E-state index contributed by atoms with van der Waals surface area (Å²) in [5.41, 5.74) is 1.36. The molecular formula is C17H26O3. The van der Waals surface area contributed by atoms with Crippen LogP contribution in [0.1, 0.15) is 51.0 Å². The molecule has 0 aromatic heterocycles. The molecule has 0 fully saturated rings. The monoisotopic (exact) mass is 278 g/mol. The van der Waals surface area contributed by atoms with Crippen molar-refractivity contribution in [1.29, 1.82) is 0 Å². The van der Waals surface area contributed by atoms with E-state index in [2.05, 4.69) is 31.2 Å². The predicted molar refractivity (Wildman–Crippen MR) is 80.8 cm³/mol. The zero-order valence-electron chi connectivity index (χ0n) is 12.5. The lowest BCUT2D eigenvalue weighted by molar-refractivity contribution is 0.0530. The van der Waals surface area contributed by atoms with Gasteiger partial charge in [0, 0.05) is 0 Å². The van der Waals surface area contributed by atoms with Gasteiger partial charge in [-0.15, -0.1) is 0 Å². The van der Waals surface area contributed by atoms with Gasteiger partial charge in [-0.1, -0.05) is 50.1 Å². The van der Waals surface area contributed by atoms with Gasteiger partial charge in [0.15, 0.2) is 0 Å². The SMILES string of the molecule is CCCCCOC(=O)OCCCCCc1ccccc1. The van der Waals surface area contributed by atoms with Crippen LogP contribution in [0.3, 0.4) is 0 Å². The number of hydrogen-bond donors (Lipinski definition) is 0. The van der Waals surface area contributed by atoms with Gasteiger partial charge >= 0.3 is 6.16 Å². The third kappa shape index (κ3) is 8.57. The number of benzene rings is 1. The average molecular weight is 278 g/mol. The van der Waals surface area contributed by atoms with Gasteiger partial charge in [0.05, 0.1) is 13.2 Å². The normalized spacial score (nSPS) is 10.2. The van der Waals surface area contributed by atoms with Gasteiger partial charge in [0.25, 0.3) is 0 Å². The summed E-state index contributed by atoms with van der Waals surface area (Å²) in [4.78, 5) is 11.2. The number of rotatable bonds is 10. The number of carbonyl (C=O) groups excluding carboxylic acids is 1. The van der Waals surface area contributed by atoms with Gasteiger partial charge in [-0.3, -0.25) is 0 Å². The van der Waals surface area contributed by atoms with Crippen molar-refractivity contribution in [2.75, 3.05) is 13.2 Å². The summed E-state index contributed by atoms with van der Waals surface area (Å²) in [5.74, 6) is 0. The van der Waals surface area contributed by atoms with Crippen LogP contribution in [0.5, 0.6) is 0 Å². The molecule has 1 aromatic rings. The first-order chi connectivity index (χ1) is 9.83. The maximum absolute atomic E-state index is 11.2. The van der Waals surface area contributed by atoms with E-state index >= 15 is 0 Å². The molecule has 0 saturated carbocycles. The minimum absolute atomic E-state index is 0.460. The van der Waals surface area contributed by atoms with Crippen molar-refractivity contribution < 1.29 is 14.3 Å². The standard InChI is InChI=1S/C17H26O3/c1-2-3-9-14-19-17(18)20-15-10-5-8-13-16-11-6-4-7-12-16/h4,6-7,11-12H,2-3,5,8-10,13-15H2,1H3. The van der Waals surface area contributed by atoms with E-state index in [1.165, 1.54) is 5.56 Å². The molecule has 3 nitrogen and oxygen atoms in total. The summed E-state index contributed by atoms with van der Waals surface area (Å²) in [6.45, 7) is 3.05. The quantitative estimate of drug-likeness (QED) is 0.458. The molecule has 112 valence electrons. The topological polar surface area (TPSA) is 35.5 Å². The van der Waals surface area contributed by atoms with Crippen LogP contribution < -0.4 is 0 Å². The first-order valence-corrected chi connectivity index (χ1v) is 7.66. The summed E-state index contributed by atoms with van der Waals surface area (Å²) in [5, 5.41) is 0. The van der Waals surface area contributed by atoms with Crippen molar-refractivity contribution in [1.82, 2.24) is 0 Å². The Balaban J connectivity index is 1.90. The van der Waals surface area contributed by atoms with Gasteiger partial charge in [-0.25, -0.2) is 4.79 Å². The van der Waals surface area contributed by atoms with Gasteiger partial charge in [0.1, 0.15) is 0 Å². The van der Waals surface area contributed by atoms with E-state index in [0.717, 1.165) is 44.9 Å². The Hall–Kier alpha value is -1.51. The summed E-state index contributed by atoms with van der Waals surface area (Å²) in [6, 6.07) is 10.4. The predicted octanol–water partition coefficient (Wildman–Crippen LogP) is 4.74. The van der Waals surface area contributed by atoms with Gasteiger partial charge in [-0.05, 0) is 37.7 Å². The van der Waals surface area contributed by atoms with Crippen LogP contribution in [0.25, 0.3) is 0 Å². The van der Waals surface area contributed by atoms with E-state index in [1.54, 1.807) is 0 Å². The second-order valence-electron chi connectivity index (χ2n) is 4.95. The molecule has 3 heteroatoms. The fraction of sp³-hybridized carbons (Fsp3) is 0.588. The lowest BCUT2D eigenvalue weighted by atomic mass is 10.1. The highest BCUT2D eigenvalue weighted by atomic mass is 16.7. The van der Waals surface area contributed by atoms with Gasteiger partial charge in [0.2, 0.25) is 0 Å². The largest absolute Gasteiger partial charge is 0.508 e. The lowest BCUT2D eigenvalue weighted by Gasteiger charge is -2.06. The molecule has 1 rings (SSSR count). The molecule has 20 heavy (non-hydrogen) atoms. The van der Waals surface area contributed by atoms with E-state index in [4.69, 9.17) is 9.47 Å². The second-order valence-corrected chi connectivity index (χ2v) is 4.95. The van der Waals surface area contributed by atoms with Crippen molar-refractivity contribution in [2.45, 2.75) is 51.9 Å². The maximum atomic E-state index is 11.2. The van der Waals surface area contributed by atoms with E-state index in [9.17, 15) is 4.79 Å². The van der Waals surface area contributed by atoms with Gasteiger partial charge in [-0.2, -0.15) is 0 Å². The smallest absolute Gasteiger partial charge is 0.434 e.